The number of amides is 2. The van der Waals surface area contributed by atoms with Crippen LogP contribution in [0, 0.1) is 0 Å². The number of pyridine rings is 2. The van der Waals surface area contributed by atoms with Crippen molar-refractivity contribution in [3.63, 3.8) is 0 Å². The minimum atomic E-state index is -0.437. The summed E-state index contributed by atoms with van der Waals surface area (Å²) in [5, 5.41) is 15.5. The first-order valence-electron chi connectivity index (χ1n) is 15.5. The summed E-state index contributed by atoms with van der Waals surface area (Å²) >= 11 is 5.78. The number of rotatable bonds is 1. The van der Waals surface area contributed by atoms with Crippen molar-refractivity contribution in [1.82, 2.24) is 39.0 Å². The fraction of sp³-hybridized carbons (Fsp3) is 0.588. The van der Waals surface area contributed by atoms with Gasteiger partial charge in [0.05, 0.1) is 0 Å². The predicted octanol–water partition coefficient (Wildman–Crippen LogP) is 8.43. The monoisotopic (exact) mass is 842 g/mol. The number of carbonyl (C=O) groups is 2. The Kier molecular flexibility index (Phi) is 15.5. The first-order valence-corrected chi connectivity index (χ1v) is 17.5. The Morgan fingerprint density at radius 3 is 1.65 bits per heavy atom. The molecule has 0 unspecified atom stereocenters. The van der Waals surface area contributed by atoms with Crippen molar-refractivity contribution >= 4 is 62.0 Å². The van der Waals surface area contributed by atoms with Crippen LogP contribution >= 0.6 is 38.5 Å². The summed E-state index contributed by atoms with van der Waals surface area (Å²) < 4.78 is 16.3. The molecule has 0 bridgehead atoms. The minimum absolute atomic E-state index is 0. The van der Waals surface area contributed by atoms with E-state index in [-0.39, 0.29) is 32.6 Å². The van der Waals surface area contributed by atoms with Crippen molar-refractivity contribution in [2.75, 3.05) is 26.2 Å². The molecule has 0 spiro atoms. The zero-order valence-electron chi connectivity index (χ0n) is 27.4. The van der Waals surface area contributed by atoms with Gasteiger partial charge in [0.15, 0.2) is 11.3 Å². The minimum Gasteiger partial charge on any atom is -0.444 e. The van der Waals surface area contributed by atoms with Gasteiger partial charge < -0.3 is 19.3 Å². The lowest BCUT2D eigenvalue weighted by Crippen LogP contribution is -2.41. The lowest BCUT2D eigenvalue weighted by Gasteiger charge is -2.33. The van der Waals surface area contributed by atoms with Gasteiger partial charge in [-0.3, -0.25) is 8.80 Å². The smallest absolute Gasteiger partial charge is 0.410 e. The van der Waals surface area contributed by atoms with Crippen molar-refractivity contribution in [2.45, 2.75) is 103 Å². The van der Waals surface area contributed by atoms with E-state index < -0.39 is 5.60 Å². The number of aromatic nitrogens is 6. The van der Waals surface area contributed by atoms with Crippen LogP contribution in [0.3, 0.4) is 0 Å². The summed E-state index contributed by atoms with van der Waals surface area (Å²) in [5.74, 6) is 0.463. The fourth-order valence-corrected chi connectivity index (χ4v) is 5.88. The molecule has 2 saturated heterocycles. The lowest BCUT2D eigenvalue weighted by atomic mass is 9.90. The molecule has 0 saturated carbocycles. The number of fused-ring (bicyclic) bond motifs is 2. The van der Waals surface area contributed by atoms with E-state index in [1.165, 1.54) is 5.56 Å². The number of hydrogen-bond acceptors (Lipinski definition) is 8. The maximum absolute atomic E-state index is 12.1. The number of alkyl halides is 1. The molecule has 4 aromatic heterocycles. The van der Waals surface area contributed by atoms with Gasteiger partial charge in [0.1, 0.15) is 23.9 Å². The van der Waals surface area contributed by atoms with E-state index in [1.54, 1.807) is 22.5 Å². The number of halogens is 2. The SMILES string of the molecule is Brc1ccc2nncn2c1.C.C.CC(C)(C)OC(=O)N1CCC(I)CC1.CC(C)(C)OC(=O)N1CCC(c2ccc3nncn3c2)CC1. The van der Waals surface area contributed by atoms with Crippen LogP contribution < -0.4 is 0 Å². The lowest BCUT2D eigenvalue weighted by molar-refractivity contribution is 0.0199. The van der Waals surface area contributed by atoms with E-state index in [0.717, 1.165) is 67.6 Å². The Hall–Kier alpha value is -3.01. The van der Waals surface area contributed by atoms with Crippen molar-refractivity contribution in [1.29, 1.82) is 0 Å². The number of hydrogen-bond donors (Lipinski definition) is 0. The second kappa shape index (κ2) is 18.1. The first kappa shape index (κ1) is 41.2. The second-order valence-corrected chi connectivity index (χ2v) is 16.1. The second-order valence-electron chi connectivity index (χ2n) is 13.4. The normalized spacial score (nSPS) is 15.7. The highest BCUT2D eigenvalue weighted by Crippen LogP contribution is 2.29. The topological polar surface area (TPSA) is 119 Å². The van der Waals surface area contributed by atoms with Gasteiger partial charge in [0.25, 0.3) is 0 Å². The molecule has 0 aliphatic carbocycles. The Labute approximate surface area is 307 Å². The molecule has 14 heteroatoms. The van der Waals surface area contributed by atoms with E-state index in [4.69, 9.17) is 9.47 Å². The molecule has 48 heavy (non-hydrogen) atoms. The Balaban J connectivity index is 0.000000265. The van der Waals surface area contributed by atoms with Crippen LogP contribution in [0.4, 0.5) is 9.59 Å². The third-order valence-corrected chi connectivity index (χ3v) is 8.98. The molecule has 2 amide bonds. The molecule has 2 aliphatic rings. The average molecular weight is 844 g/mol. The highest BCUT2D eigenvalue weighted by atomic mass is 127. The maximum Gasteiger partial charge on any atom is 0.410 e. The maximum atomic E-state index is 12.1. The molecular formula is C34H52BrIN8O4. The number of ether oxygens (including phenoxy) is 2. The zero-order chi connectivity index (χ0) is 33.5. The van der Waals surface area contributed by atoms with Gasteiger partial charge >= 0.3 is 12.2 Å². The average Bonchev–Trinajstić information content (AvgIpc) is 3.65. The molecule has 4 aromatic rings. The quantitative estimate of drug-likeness (QED) is 0.139. The molecule has 2 aliphatic heterocycles. The van der Waals surface area contributed by atoms with Gasteiger partial charge in [-0.15, -0.1) is 20.4 Å². The molecule has 6 heterocycles. The van der Waals surface area contributed by atoms with E-state index in [2.05, 4.69) is 71.2 Å². The highest BCUT2D eigenvalue weighted by Gasteiger charge is 2.28. The van der Waals surface area contributed by atoms with Crippen molar-refractivity contribution in [3.8, 4) is 0 Å². The third kappa shape index (κ3) is 12.8. The Morgan fingerprint density at radius 2 is 1.17 bits per heavy atom. The van der Waals surface area contributed by atoms with Crippen LogP contribution in [0.25, 0.3) is 11.3 Å². The van der Waals surface area contributed by atoms with E-state index in [9.17, 15) is 9.59 Å². The van der Waals surface area contributed by atoms with Crippen molar-refractivity contribution in [2.24, 2.45) is 0 Å². The van der Waals surface area contributed by atoms with Gasteiger partial charge in [-0.05, 0) is 113 Å². The summed E-state index contributed by atoms with van der Waals surface area (Å²) in [4.78, 5) is 27.3. The van der Waals surface area contributed by atoms with Crippen LogP contribution in [0.2, 0.25) is 0 Å². The zero-order valence-corrected chi connectivity index (χ0v) is 31.1. The molecule has 0 atom stereocenters. The molecule has 266 valence electrons. The number of piperidine rings is 2. The van der Waals surface area contributed by atoms with Crippen LogP contribution in [0.1, 0.15) is 93.6 Å². The largest absolute Gasteiger partial charge is 0.444 e. The van der Waals surface area contributed by atoms with Gasteiger partial charge in [-0.2, -0.15) is 0 Å². The van der Waals surface area contributed by atoms with Crippen LogP contribution in [0.15, 0.2) is 53.8 Å². The molecule has 2 fully saturated rings. The molecule has 6 rings (SSSR count). The number of carbonyl (C=O) groups excluding carboxylic acids is 2. The van der Waals surface area contributed by atoms with Crippen molar-refractivity contribution in [3.05, 3.63) is 59.3 Å². The summed E-state index contributed by atoms with van der Waals surface area (Å²) in [6.07, 6.45) is 11.1. The molecular weight excluding hydrogens is 791 g/mol. The highest BCUT2D eigenvalue weighted by molar-refractivity contribution is 14.1. The summed E-state index contributed by atoms with van der Waals surface area (Å²) in [6, 6.07) is 7.93. The van der Waals surface area contributed by atoms with E-state index in [0.29, 0.717) is 9.84 Å². The Bertz CT molecular complexity index is 1580. The van der Waals surface area contributed by atoms with Gasteiger partial charge in [0.2, 0.25) is 0 Å². The van der Waals surface area contributed by atoms with Crippen molar-refractivity contribution < 1.29 is 19.1 Å². The predicted molar refractivity (Wildman–Crippen MR) is 202 cm³/mol. The van der Waals surface area contributed by atoms with Crippen LogP contribution in [0.5, 0.6) is 0 Å². The number of likely N-dealkylation sites (tertiary alicyclic amines) is 2. The molecule has 12 nitrogen and oxygen atoms in total. The van der Waals surface area contributed by atoms with Crippen LogP contribution in [-0.4, -0.2) is 92.5 Å². The van der Waals surface area contributed by atoms with Gasteiger partial charge in [0, 0.05) is 47.0 Å². The molecule has 0 aromatic carbocycles. The Morgan fingerprint density at radius 1 is 0.729 bits per heavy atom. The first-order chi connectivity index (χ1) is 21.7. The fourth-order valence-electron chi connectivity index (χ4n) is 4.97. The summed E-state index contributed by atoms with van der Waals surface area (Å²) in [7, 11) is 0. The van der Waals surface area contributed by atoms with E-state index >= 15 is 0 Å². The standard InChI is InChI=1S/C16H22N4O2.C10H18INO2.C6H4BrN3.2CH4/c1-16(2,3)22-15(21)19-8-6-12(7-9-19)13-4-5-14-18-17-11-20(14)10-13;1-10(2,3)14-9(13)12-6-4-8(11)5-7-12;7-5-1-2-6-9-8-4-10(6)3-5;;/h4-5,10-12H,6-9H2,1-3H3;8H,4-7H2,1-3H3;1-4H;2*1H4. The summed E-state index contributed by atoms with van der Waals surface area (Å²) in [6.45, 7) is 14.5. The third-order valence-electron chi connectivity index (χ3n) is 7.26. The van der Waals surface area contributed by atoms with Gasteiger partial charge in [-0.1, -0.05) is 43.5 Å². The van der Waals surface area contributed by atoms with Gasteiger partial charge in [-0.25, -0.2) is 9.59 Å². The summed E-state index contributed by atoms with van der Waals surface area (Å²) in [5.41, 5.74) is 2.18. The molecule has 0 radical (unpaired) electrons. The molecule has 0 N–H and O–H groups in total. The number of nitrogens with zero attached hydrogens (tertiary/aromatic N) is 8. The van der Waals surface area contributed by atoms with Crippen LogP contribution in [-0.2, 0) is 9.47 Å². The van der Waals surface area contributed by atoms with E-state index in [1.807, 2.05) is 74.7 Å².